The van der Waals surface area contributed by atoms with Gasteiger partial charge in [-0.3, -0.25) is 14.6 Å². The lowest BCUT2D eigenvalue weighted by molar-refractivity contribution is -0.142. The van der Waals surface area contributed by atoms with Gasteiger partial charge in [0.15, 0.2) is 0 Å². The standard InChI is InChI=1S/C16H16N2O3S/c19-14-9-13(16(20)21)15(11-5-8-22-10-11)18(14)7-4-12-3-1-2-6-17-12/h1-3,5-6,8,10,13,15H,4,7,9H2,(H,20,21)/t13-,15-/m1/s1. The molecule has 0 aliphatic carbocycles. The lowest BCUT2D eigenvalue weighted by atomic mass is 9.95. The molecule has 2 aromatic heterocycles. The highest BCUT2D eigenvalue weighted by molar-refractivity contribution is 7.08. The lowest BCUT2D eigenvalue weighted by Gasteiger charge is -2.26. The maximum absolute atomic E-state index is 12.3. The predicted molar refractivity (Wildman–Crippen MR) is 82.5 cm³/mol. The van der Waals surface area contributed by atoms with Crippen LogP contribution in [0.3, 0.4) is 0 Å². The first kappa shape index (κ1) is 14.7. The van der Waals surface area contributed by atoms with E-state index >= 15 is 0 Å². The van der Waals surface area contributed by atoms with Crippen molar-refractivity contribution in [3.8, 4) is 0 Å². The Labute approximate surface area is 132 Å². The van der Waals surface area contributed by atoms with Gasteiger partial charge < -0.3 is 10.0 Å². The molecule has 0 radical (unpaired) electrons. The van der Waals surface area contributed by atoms with Gasteiger partial charge in [0, 0.05) is 31.3 Å². The van der Waals surface area contributed by atoms with Gasteiger partial charge >= 0.3 is 5.97 Å². The minimum absolute atomic E-state index is 0.0675. The number of rotatable bonds is 5. The fourth-order valence-corrected chi connectivity index (χ4v) is 3.60. The van der Waals surface area contributed by atoms with Crippen LogP contribution in [-0.4, -0.2) is 33.4 Å². The molecule has 6 heteroatoms. The second-order valence-electron chi connectivity index (χ2n) is 5.31. The van der Waals surface area contributed by atoms with Crippen LogP contribution in [0.2, 0.25) is 0 Å². The average Bonchev–Trinajstić information content (AvgIpc) is 3.13. The summed E-state index contributed by atoms with van der Waals surface area (Å²) < 4.78 is 0. The first-order valence-electron chi connectivity index (χ1n) is 7.11. The number of aromatic nitrogens is 1. The van der Waals surface area contributed by atoms with E-state index in [1.807, 2.05) is 35.0 Å². The lowest BCUT2D eigenvalue weighted by Crippen LogP contribution is -2.32. The van der Waals surface area contributed by atoms with E-state index in [0.717, 1.165) is 11.3 Å². The highest BCUT2D eigenvalue weighted by atomic mass is 32.1. The van der Waals surface area contributed by atoms with Crippen molar-refractivity contribution in [2.75, 3.05) is 6.54 Å². The Hall–Kier alpha value is -2.21. The molecule has 3 rings (SSSR count). The summed E-state index contributed by atoms with van der Waals surface area (Å²) in [4.78, 5) is 29.7. The highest BCUT2D eigenvalue weighted by Crippen LogP contribution is 2.39. The smallest absolute Gasteiger partial charge is 0.309 e. The summed E-state index contributed by atoms with van der Waals surface area (Å²) in [7, 11) is 0. The zero-order valence-corrected chi connectivity index (χ0v) is 12.7. The number of carboxylic acid groups (broad SMARTS) is 1. The van der Waals surface area contributed by atoms with Crippen LogP contribution in [0.15, 0.2) is 41.2 Å². The van der Waals surface area contributed by atoms with Crippen molar-refractivity contribution in [1.82, 2.24) is 9.88 Å². The minimum atomic E-state index is -0.912. The van der Waals surface area contributed by atoms with E-state index in [9.17, 15) is 14.7 Å². The summed E-state index contributed by atoms with van der Waals surface area (Å²) in [6, 6.07) is 7.19. The molecule has 1 saturated heterocycles. The number of carboxylic acids is 1. The van der Waals surface area contributed by atoms with Crippen LogP contribution < -0.4 is 0 Å². The van der Waals surface area contributed by atoms with Crippen molar-refractivity contribution in [3.05, 3.63) is 52.5 Å². The van der Waals surface area contributed by atoms with E-state index in [2.05, 4.69) is 4.98 Å². The van der Waals surface area contributed by atoms with E-state index in [1.165, 1.54) is 11.3 Å². The number of thiophene rings is 1. The van der Waals surface area contributed by atoms with E-state index in [0.29, 0.717) is 13.0 Å². The Morgan fingerprint density at radius 1 is 1.41 bits per heavy atom. The Bertz CT molecular complexity index is 657. The number of hydrogen-bond donors (Lipinski definition) is 1. The Morgan fingerprint density at radius 3 is 2.91 bits per heavy atom. The second kappa shape index (κ2) is 6.27. The first-order valence-corrected chi connectivity index (χ1v) is 8.05. The normalized spacial score (nSPS) is 21.3. The van der Waals surface area contributed by atoms with Crippen molar-refractivity contribution in [1.29, 1.82) is 0 Å². The molecule has 1 fully saturated rings. The van der Waals surface area contributed by atoms with Crippen LogP contribution in [-0.2, 0) is 16.0 Å². The fraction of sp³-hybridized carbons (Fsp3) is 0.312. The number of carbonyl (C=O) groups is 2. The maximum atomic E-state index is 12.3. The van der Waals surface area contributed by atoms with Gasteiger partial charge in [-0.2, -0.15) is 11.3 Å². The van der Waals surface area contributed by atoms with Crippen LogP contribution in [0.5, 0.6) is 0 Å². The topological polar surface area (TPSA) is 70.5 Å². The molecule has 0 aromatic carbocycles. The number of pyridine rings is 1. The van der Waals surface area contributed by atoms with E-state index < -0.39 is 11.9 Å². The number of aliphatic carboxylic acids is 1. The summed E-state index contributed by atoms with van der Waals surface area (Å²) in [5.41, 5.74) is 1.81. The third kappa shape index (κ3) is 2.87. The van der Waals surface area contributed by atoms with Gasteiger partial charge in [0.05, 0.1) is 12.0 Å². The molecule has 2 atom stereocenters. The SMILES string of the molecule is O=C(O)[C@@H]1CC(=O)N(CCc2ccccn2)[C@@H]1c1ccsc1. The molecule has 0 bridgehead atoms. The molecule has 1 aliphatic rings. The van der Waals surface area contributed by atoms with E-state index in [4.69, 9.17) is 0 Å². The average molecular weight is 316 g/mol. The molecule has 5 nitrogen and oxygen atoms in total. The summed E-state index contributed by atoms with van der Waals surface area (Å²) >= 11 is 1.51. The fourth-order valence-electron chi connectivity index (χ4n) is 2.91. The zero-order chi connectivity index (χ0) is 15.5. The molecule has 0 unspecified atom stereocenters. The van der Waals surface area contributed by atoms with Crippen molar-refractivity contribution < 1.29 is 14.7 Å². The van der Waals surface area contributed by atoms with Gasteiger partial charge in [0.2, 0.25) is 5.91 Å². The third-order valence-electron chi connectivity index (χ3n) is 3.97. The second-order valence-corrected chi connectivity index (χ2v) is 6.09. The Morgan fingerprint density at radius 2 is 2.27 bits per heavy atom. The molecule has 1 aliphatic heterocycles. The van der Waals surface area contributed by atoms with Crippen LogP contribution >= 0.6 is 11.3 Å². The van der Waals surface area contributed by atoms with Crippen molar-refractivity contribution in [2.45, 2.75) is 18.9 Å². The maximum Gasteiger partial charge on any atom is 0.309 e. The van der Waals surface area contributed by atoms with Crippen molar-refractivity contribution >= 4 is 23.2 Å². The van der Waals surface area contributed by atoms with Gasteiger partial charge in [0.1, 0.15) is 0 Å². The molecule has 2 aromatic rings. The van der Waals surface area contributed by atoms with Crippen LogP contribution in [0.25, 0.3) is 0 Å². The third-order valence-corrected chi connectivity index (χ3v) is 4.67. The van der Waals surface area contributed by atoms with Gasteiger partial charge in [-0.15, -0.1) is 0 Å². The van der Waals surface area contributed by atoms with Gasteiger partial charge in [-0.05, 0) is 34.5 Å². The number of nitrogens with zero attached hydrogens (tertiary/aromatic N) is 2. The minimum Gasteiger partial charge on any atom is -0.481 e. The molecular weight excluding hydrogens is 300 g/mol. The number of likely N-dealkylation sites (tertiary alicyclic amines) is 1. The molecule has 0 spiro atoms. The van der Waals surface area contributed by atoms with Gasteiger partial charge in [-0.1, -0.05) is 6.07 Å². The van der Waals surface area contributed by atoms with Gasteiger partial charge in [-0.25, -0.2) is 0 Å². The predicted octanol–water partition coefficient (Wildman–Crippen LogP) is 2.36. The summed E-state index contributed by atoms with van der Waals surface area (Å²) in [6.07, 6.45) is 2.41. The van der Waals surface area contributed by atoms with Crippen molar-refractivity contribution in [3.63, 3.8) is 0 Å². The summed E-state index contributed by atoms with van der Waals surface area (Å²) in [6.45, 7) is 0.486. The molecule has 1 N–H and O–H groups in total. The molecule has 3 heterocycles. The Kier molecular flexibility index (Phi) is 4.20. The summed E-state index contributed by atoms with van der Waals surface area (Å²) in [5.74, 6) is -1.68. The zero-order valence-electron chi connectivity index (χ0n) is 11.9. The van der Waals surface area contributed by atoms with Gasteiger partial charge in [0.25, 0.3) is 0 Å². The molecule has 114 valence electrons. The van der Waals surface area contributed by atoms with Crippen LogP contribution in [0.4, 0.5) is 0 Å². The number of carbonyl (C=O) groups excluding carboxylic acids is 1. The monoisotopic (exact) mass is 316 g/mol. The van der Waals surface area contributed by atoms with Crippen molar-refractivity contribution in [2.24, 2.45) is 5.92 Å². The van der Waals surface area contributed by atoms with E-state index in [-0.39, 0.29) is 18.4 Å². The molecule has 0 saturated carbocycles. The first-order chi connectivity index (χ1) is 10.7. The molecular formula is C16H16N2O3S. The number of amides is 1. The van der Waals surface area contributed by atoms with E-state index in [1.54, 1.807) is 11.1 Å². The quantitative estimate of drug-likeness (QED) is 0.919. The van der Waals surface area contributed by atoms with Crippen LogP contribution in [0, 0.1) is 5.92 Å². The number of hydrogen-bond acceptors (Lipinski definition) is 4. The van der Waals surface area contributed by atoms with Crippen LogP contribution in [0.1, 0.15) is 23.7 Å². The Balaban J connectivity index is 1.81. The molecule has 22 heavy (non-hydrogen) atoms. The largest absolute Gasteiger partial charge is 0.481 e. The molecule has 1 amide bonds. The highest BCUT2D eigenvalue weighted by Gasteiger charge is 2.44. The summed E-state index contributed by atoms with van der Waals surface area (Å²) in [5, 5.41) is 13.2.